The number of rotatable bonds is 8. The quantitative estimate of drug-likeness (QED) is 0.520. The summed E-state index contributed by atoms with van der Waals surface area (Å²) in [7, 11) is 1.69. The minimum Gasteiger partial charge on any atom is -0.497 e. The van der Waals surface area contributed by atoms with Crippen LogP contribution in [0.15, 0.2) is 72.8 Å². The molecule has 0 aliphatic carbocycles. The van der Waals surface area contributed by atoms with Gasteiger partial charge in [0.15, 0.2) is 11.5 Å². The van der Waals surface area contributed by atoms with Crippen LogP contribution in [0, 0.1) is 0 Å². The minimum absolute atomic E-state index is 0. The summed E-state index contributed by atoms with van der Waals surface area (Å²) in [6.07, 6.45) is 1.000. The van der Waals surface area contributed by atoms with Crippen LogP contribution in [0.3, 0.4) is 0 Å². The fourth-order valence-electron chi connectivity index (χ4n) is 3.56. The Labute approximate surface area is 178 Å². The second-order valence-electron chi connectivity index (χ2n) is 6.89. The molecule has 4 nitrogen and oxygen atoms in total. The van der Waals surface area contributed by atoms with Gasteiger partial charge < -0.3 is 19.5 Å². The summed E-state index contributed by atoms with van der Waals surface area (Å²) in [4.78, 5) is 0. The monoisotopic (exact) mass is 411 g/mol. The molecule has 0 amide bonds. The van der Waals surface area contributed by atoms with E-state index >= 15 is 0 Å². The normalized spacial score (nSPS) is 12.9. The van der Waals surface area contributed by atoms with Gasteiger partial charge in [0.05, 0.1) is 7.11 Å². The van der Waals surface area contributed by atoms with Gasteiger partial charge in [-0.25, -0.2) is 0 Å². The number of ether oxygens (including phenoxy) is 3. The third-order valence-electron chi connectivity index (χ3n) is 5.10. The number of methoxy groups -OCH3 is 1. The second-order valence-corrected chi connectivity index (χ2v) is 6.89. The number of hydrogen-bond acceptors (Lipinski definition) is 4. The van der Waals surface area contributed by atoms with E-state index in [2.05, 4.69) is 59.9 Å². The lowest BCUT2D eigenvalue weighted by Gasteiger charge is -2.19. The van der Waals surface area contributed by atoms with E-state index in [9.17, 15) is 0 Å². The zero-order chi connectivity index (χ0) is 19.2. The van der Waals surface area contributed by atoms with E-state index in [-0.39, 0.29) is 12.4 Å². The van der Waals surface area contributed by atoms with Crippen LogP contribution in [-0.4, -0.2) is 20.4 Å². The van der Waals surface area contributed by atoms with Gasteiger partial charge in [-0.15, -0.1) is 12.4 Å². The topological polar surface area (TPSA) is 39.7 Å². The first-order valence-corrected chi connectivity index (χ1v) is 9.61. The van der Waals surface area contributed by atoms with Gasteiger partial charge in [-0.1, -0.05) is 48.5 Å². The van der Waals surface area contributed by atoms with Crippen LogP contribution in [0.25, 0.3) is 0 Å². The van der Waals surface area contributed by atoms with Crippen LogP contribution >= 0.6 is 12.4 Å². The van der Waals surface area contributed by atoms with Gasteiger partial charge in [0.25, 0.3) is 0 Å². The zero-order valence-electron chi connectivity index (χ0n) is 16.5. The van der Waals surface area contributed by atoms with E-state index in [4.69, 9.17) is 14.2 Å². The van der Waals surface area contributed by atoms with E-state index in [0.29, 0.717) is 12.7 Å². The van der Waals surface area contributed by atoms with Gasteiger partial charge >= 0.3 is 0 Å². The highest BCUT2D eigenvalue weighted by molar-refractivity contribution is 5.85. The molecule has 152 valence electrons. The predicted octanol–water partition coefficient (Wildman–Crippen LogP) is 5.16. The molecule has 3 aromatic carbocycles. The maximum atomic E-state index is 5.58. The van der Waals surface area contributed by atoms with Gasteiger partial charge in [-0.05, 0) is 53.9 Å². The Bertz CT molecular complexity index is 900. The van der Waals surface area contributed by atoms with Crippen molar-refractivity contribution in [2.24, 2.45) is 0 Å². The summed E-state index contributed by atoms with van der Waals surface area (Å²) in [6, 6.07) is 25.1. The van der Waals surface area contributed by atoms with Crippen LogP contribution in [0.5, 0.6) is 17.2 Å². The van der Waals surface area contributed by atoms with Gasteiger partial charge in [-0.2, -0.15) is 0 Å². The van der Waals surface area contributed by atoms with Crippen LogP contribution in [-0.2, 0) is 6.54 Å². The van der Waals surface area contributed by atoms with Crippen LogP contribution in [0.1, 0.15) is 29.0 Å². The number of hydrogen-bond donors (Lipinski definition) is 1. The third kappa shape index (κ3) is 5.22. The third-order valence-corrected chi connectivity index (χ3v) is 5.10. The molecule has 0 saturated heterocycles. The van der Waals surface area contributed by atoms with Gasteiger partial charge in [0, 0.05) is 12.5 Å². The molecule has 0 spiro atoms. The second kappa shape index (κ2) is 10.2. The molecule has 0 bridgehead atoms. The predicted molar refractivity (Wildman–Crippen MR) is 117 cm³/mol. The first-order valence-electron chi connectivity index (χ1n) is 9.61. The first kappa shape index (κ1) is 21.0. The SMILES string of the molecule is COc1ccc(CNCCC(c2ccccc2)c2ccc3c(c2)OCO3)cc1.Cl. The minimum atomic E-state index is 0. The van der Waals surface area contributed by atoms with Crippen molar-refractivity contribution in [3.63, 3.8) is 0 Å². The van der Waals surface area contributed by atoms with E-state index in [0.717, 1.165) is 36.8 Å². The highest BCUT2D eigenvalue weighted by Crippen LogP contribution is 2.37. The average molecular weight is 412 g/mol. The molecular weight excluding hydrogens is 386 g/mol. The molecule has 29 heavy (non-hydrogen) atoms. The number of halogens is 1. The number of fused-ring (bicyclic) bond motifs is 1. The summed E-state index contributed by atoms with van der Waals surface area (Å²) < 4.78 is 16.3. The highest BCUT2D eigenvalue weighted by atomic mass is 35.5. The number of nitrogens with one attached hydrogen (secondary N) is 1. The molecule has 0 aromatic heterocycles. The molecule has 5 heteroatoms. The lowest BCUT2D eigenvalue weighted by molar-refractivity contribution is 0.174. The highest BCUT2D eigenvalue weighted by Gasteiger charge is 2.19. The van der Waals surface area contributed by atoms with Gasteiger partial charge in [0.2, 0.25) is 6.79 Å². The van der Waals surface area contributed by atoms with Crippen LogP contribution in [0.4, 0.5) is 0 Å². The summed E-state index contributed by atoms with van der Waals surface area (Å²) in [6.45, 7) is 2.06. The standard InChI is InChI=1S/C24H25NO3.ClH/c1-26-21-10-7-18(8-11-21)16-25-14-13-22(19-5-3-2-4-6-19)20-9-12-23-24(15-20)28-17-27-23;/h2-12,15,22,25H,13-14,16-17H2,1H3;1H. The lowest BCUT2D eigenvalue weighted by atomic mass is 9.88. The van der Waals surface area contributed by atoms with E-state index in [1.165, 1.54) is 16.7 Å². The average Bonchev–Trinajstić information content (AvgIpc) is 3.23. The molecule has 1 atom stereocenters. The summed E-state index contributed by atoms with van der Waals surface area (Å²) in [5.74, 6) is 2.85. The summed E-state index contributed by atoms with van der Waals surface area (Å²) in [5, 5.41) is 3.56. The van der Waals surface area contributed by atoms with Crippen molar-refractivity contribution in [1.82, 2.24) is 5.32 Å². The molecule has 0 radical (unpaired) electrons. The Kier molecular flexibility index (Phi) is 7.39. The Morgan fingerprint density at radius 3 is 2.41 bits per heavy atom. The Hall–Kier alpha value is -2.69. The molecule has 3 aromatic rings. The van der Waals surface area contributed by atoms with Crippen LogP contribution in [0.2, 0.25) is 0 Å². The van der Waals surface area contributed by atoms with Crippen molar-refractivity contribution in [2.45, 2.75) is 18.9 Å². The van der Waals surface area contributed by atoms with Crippen molar-refractivity contribution in [3.8, 4) is 17.2 Å². The Balaban J connectivity index is 0.00000240. The maximum Gasteiger partial charge on any atom is 0.231 e. The van der Waals surface area contributed by atoms with Gasteiger partial charge in [-0.3, -0.25) is 0 Å². The van der Waals surface area contributed by atoms with E-state index < -0.39 is 0 Å². The molecule has 1 aliphatic heterocycles. The Morgan fingerprint density at radius 1 is 0.897 bits per heavy atom. The molecule has 1 aliphatic rings. The maximum absolute atomic E-state index is 5.58. The smallest absolute Gasteiger partial charge is 0.231 e. The summed E-state index contributed by atoms with van der Waals surface area (Å²) >= 11 is 0. The van der Waals surface area contributed by atoms with Gasteiger partial charge in [0.1, 0.15) is 5.75 Å². The largest absolute Gasteiger partial charge is 0.497 e. The molecule has 1 N–H and O–H groups in total. The number of benzene rings is 3. The fourth-order valence-corrected chi connectivity index (χ4v) is 3.56. The lowest BCUT2D eigenvalue weighted by Crippen LogP contribution is -2.17. The van der Waals surface area contributed by atoms with Crippen LogP contribution < -0.4 is 19.5 Å². The Morgan fingerprint density at radius 2 is 1.66 bits per heavy atom. The molecule has 1 unspecified atom stereocenters. The zero-order valence-corrected chi connectivity index (χ0v) is 17.3. The van der Waals surface area contributed by atoms with Crippen molar-refractivity contribution in [3.05, 3.63) is 89.5 Å². The molecule has 0 saturated carbocycles. The molecular formula is C24H26ClNO3. The van der Waals surface area contributed by atoms with E-state index in [1.807, 2.05) is 18.2 Å². The van der Waals surface area contributed by atoms with Crippen molar-refractivity contribution < 1.29 is 14.2 Å². The molecule has 0 fully saturated rings. The molecule has 1 heterocycles. The first-order chi connectivity index (χ1) is 13.8. The van der Waals surface area contributed by atoms with Crippen molar-refractivity contribution in [1.29, 1.82) is 0 Å². The summed E-state index contributed by atoms with van der Waals surface area (Å²) in [5.41, 5.74) is 3.81. The van der Waals surface area contributed by atoms with E-state index in [1.54, 1.807) is 7.11 Å². The van der Waals surface area contributed by atoms with Crippen molar-refractivity contribution >= 4 is 12.4 Å². The molecule has 4 rings (SSSR count). The fraction of sp³-hybridized carbons (Fsp3) is 0.250. The van der Waals surface area contributed by atoms with Crippen molar-refractivity contribution in [2.75, 3.05) is 20.4 Å².